The van der Waals surface area contributed by atoms with Gasteiger partial charge in [-0.2, -0.15) is 0 Å². The molecule has 132 valence electrons. The number of piperazine rings is 1. The standard InChI is InChI=1S/C18H22N4O3/c1-2-19-17(23)13-21-8-10-22(11-9-21)18(24)15-12-16(25-20-15)14-6-4-3-5-7-14/h3-7,12H,2,8-11,13H2,1H3,(H,19,23). The van der Waals surface area contributed by atoms with Gasteiger partial charge in [-0.3, -0.25) is 14.5 Å². The van der Waals surface area contributed by atoms with Crippen LogP contribution >= 0.6 is 0 Å². The molecule has 0 aliphatic carbocycles. The van der Waals surface area contributed by atoms with Gasteiger partial charge in [0.05, 0.1) is 6.54 Å². The highest BCUT2D eigenvalue weighted by molar-refractivity contribution is 5.93. The summed E-state index contributed by atoms with van der Waals surface area (Å²) in [5.74, 6) is 0.466. The monoisotopic (exact) mass is 342 g/mol. The maximum Gasteiger partial charge on any atom is 0.276 e. The molecule has 2 aromatic rings. The summed E-state index contributed by atoms with van der Waals surface area (Å²) in [5, 5.41) is 6.70. The van der Waals surface area contributed by atoms with Crippen LogP contribution in [0.3, 0.4) is 0 Å². The fraction of sp³-hybridized carbons (Fsp3) is 0.389. The first-order chi connectivity index (χ1) is 12.2. The number of carbonyl (C=O) groups excluding carboxylic acids is 2. The molecule has 1 aliphatic rings. The van der Waals surface area contributed by atoms with Crippen LogP contribution in [0.1, 0.15) is 17.4 Å². The number of benzene rings is 1. The van der Waals surface area contributed by atoms with Crippen LogP contribution in [0.2, 0.25) is 0 Å². The van der Waals surface area contributed by atoms with Crippen molar-refractivity contribution < 1.29 is 14.1 Å². The Hall–Kier alpha value is -2.67. The van der Waals surface area contributed by atoms with E-state index in [2.05, 4.69) is 10.5 Å². The van der Waals surface area contributed by atoms with Crippen molar-refractivity contribution in [2.45, 2.75) is 6.92 Å². The van der Waals surface area contributed by atoms with E-state index in [-0.39, 0.29) is 11.8 Å². The summed E-state index contributed by atoms with van der Waals surface area (Å²) in [6.07, 6.45) is 0. The molecule has 0 unspecified atom stereocenters. The van der Waals surface area contributed by atoms with Gasteiger partial charge in [0.1, 0.15) is 0 Å². The highest BCUT2D eigenvalue weighted by atomic mass is 16.5. The molecule has 7 nitrogen and oxygen atoms in total. The van der Waals surface area contributed by atoms with Gasteiger partial charge in [0.2, 0.25) is 5.91 Å². The molecule has 2 heterocycles. The minimum absolute atomic E-state index is 0.0197. The largest absolute Gasteiger partial charge is 0.355 e. The highest BCUT2D eigenvalue weighted by Crippen LogP contribution is 2.20. The van der Waals surface area contributed by atoms with Crippen molar-refractivity contribution >= 4 is 11.8 Å². The summed E-state index contributed by atoms with van der Waals surface area (Å²) in [4.78, 5) is 28.0. The molecule has 1 aromatic heterocycles. The SMILES string of the molecule is CCNC(=O)CN1CCN(C(=O)c2cc(-c3ccccc3)on2)CC1. The summed E-state index contributed by atoms with van der Waals surface area (Å²) in [7, 11) is 0. The lowest BCUT2D eigenvalue weighted by Gasteiger charge is -2.33. The average Bonchev–Trinajstić information content (AvgIpc) is 3.13. The third-order valence-corrected chi connectivity index (χ3v) is 4.19. The maximum atomic E-state index is 12.6. The van der Waals surface area contributed by atoms with Crippen LogP contribution in [0.4, 0.5) is 0 Å². The van der Waals surface area contributed by atoms with Gasteiger partial charge in [-0.1, -0.05) is 35.5 Å². The second-order valence-electron chi connectivity index (χ2n) is 5.96. The number of aromatic nitrogens is 1. The van der Waals surface area contributed by atoms with Crippen molar-refractivity contribution in [1.82, 2.24) is 20.3 Å². The van der Waals surface area contributed by atoms with E-state index in [4.69, 9.17) is 4.52 Å². The van der Waals surface area contributed by atoms with Gasteiger partial charge in [-0.05, 0) is 6.92 Å². The van der Waals surface area contributed by atoms with Gasteiger partial charge in [-0.25, -0.2) is 0 Å². The van der Waals surface area contributed by atoms with E-state index in [9.17, 15) is 9.59 Å². The Morgan fingerprint density at radius 2 is 1.88 bits per heavy atom. The van der Waals surface area contributed by atoms with Crippen LogP contribution in [0.5, 0.6) is 0 Å². The lowest BCUT2D eigenvalue weighted by molar-refractivity contribution is -0.122. The normalized spacial score (nSPS) is 15.2. The molecule has 1 saturated heterocycles. The molecular formula is C18H22N4O3. The number of carbonyl (C=O) groups is 2. The van der Waals surface area contributed by atoms with Gasteiger partial charge >= 0.3 is 0 Å². The van der Waals surface area contributed by atoms with Gasteiger partial charge in [-0.15, -0.1) is 0 Å². The van der Waals surface area contributed by atoms with E-state index < -0.39 is 0 Å². The molecule has 25 heavy (non-hydrogen) atoms. The first kappa shape index (κ1) is 17.2. The second kappa shape index (κ2) is 7.94. The van der Waals surface area contributed by atoms with E-state index >= 15 is 0 Å². The fourth-order valence-electron chi connectivity index (χ4n) is 2.84. The third-order valence-electron chi connectivity index (χ3n) is 4.19. The van der Waals surface area contributed by atoms with Crippen molar-refractivity contribution in [3.05, 3.63) is 42.1 Å². The number of nitrogens with zero attached hydrogens (tertiary/aromatic N) is 3. The first-order valence-corrected chi connectivity index (χ1v) is 8.48. The van der Waals surface area contributed by atoms with Gasteiger partial charge in [0, 0.05) is 44.4 Å². The van der Waals surface area contributed by atoms with Gasteiger partial charge in [0.25, 0.3) is 5.91 Å². The van der Waals surface area contributed by atoms with Crippen LogP contribution in [0, 0.1) is 0 Å². The molecule has 0 radical (unpaired) electrons. The predicted octanol–water partition coefficient (Wildman–Crippen LogP) is 1.24. The van der Waals surface area contributed by atoms with Crippen molar-refractivity contribution in [3.63, 3.8) is 0 Å². The minimum Gasteiger partial charge on any atom is -0.355 e. The van der Waals surface area contributed by atoms with Crippen LogP contribution in [-0.2, 0) is 4.79 Å². The lowest BCUT2D eigenvalue weighted by Crippen LogP contribution is -2.51. The Bertz CT molecular complexity index is 721. The second-order valence-corrected chi connectivity index (χ2v) is 5.96. The Labute approximate surface area is 146 Å². The van der Waals surface area contributed by atoms with E-state index in [1.807, 2.05) is 42.2 Å². The van der Waals surface area contributed by atoms with Crippen molar-refractivity contribution in [2.24, 2.45) is 0 Å². The van der Waals surface area contributed by atoms with Crippen molar-refractivity contribution in [1.29, 1.82) is 0 Å². The topological polar surface area (TPSA) is 78.7 Å². The Morgan fingerprint density at radius 3 is 2.56 bits per heavy atom. The molecule has 1 fully saturated rings. The fourth-order valence-corrected chi connectivity index (χ4v) is 2.84. The summed E-state index contributed by atoms with van der Waals surface area (Å²) in [6, 6.07) is 11.2. The zero-order valence-corrected chi connectivity index (χ0v) is 14.3. The zero-order chi connectivity index (χ0) is 17.6. The predicted molar refractivity (Wildman–Crippen MR) is 93.0 cm³/mol. The molecule has 2 amide bonds. The Kier molecular flexibility index (Phi) is 5.45. The quantitative estimate of drug-likeness (QED) is 0.884. The number of hydrogen-bond donors (Lipinski definition) is 1. The third kappa shape index (κ3) is 4.24. The zero-order valence-electron chi connectivity index (χ0n) is 14.3. The molecule has 1 aliphatic heterocycles. The summed E-state index contributed by atoms with van der Waals surface area (Å²) < 4.78 is 5.30. The number of nitrogens with one attached hydrogen (secondary N) is 1. The van der Waals surface area contributed by atoms with Crippen LogP contribution < -0.4 is 5.32 Å². The number of likely N-dealkylation sites (N-methyl/N-ethyl adjacent to an activating group) is 1. The smallest absolute Gasteiger partial charge is 0.276 e. The van der Waals surface area contributed by atoms with Crippen molar-refractivity contribution in [3.8, 4) is 11.3 Å². The molecule has 1 aromatic carbocycles. The first-order valence-electron chi connectivity index (χ1n) is 8.48. The van der Waals surface area contributed by atoms with E-state index in [1.54, 1.807) is 11.0 Å². The summed E-state index contributed by atoms with van der Waals surface area (Å²) in [6.45, 7) is 5.40. The summed E-state index contributed by atoms with van der Waals surface area (Å²) >= 11 is 0. The minimum atomic E-state index is -0.136. The molecule has 0 atom stereocenters. The molecule has 7 heteroatoms. The van der Waals surface area contributed by atoms with Crippen molar-refractivity contribution in [2.75, 3.05) is 39.3 Å². The lowest BCUT2D eigenvalue weighted by atomic mass is 10.1. The Balaban J connectivity index is 1.56. The molecule has 0 saturated carbocycles. The van der Waals surface area contributed by atoms with Crippen LogP contribution in [0.25, 0.3) is 11.3 Å². The highest BCUT2D eigenvalue weighted by Gasteiger charge is 2.25. The van der Waals surface area contributed by atoms with E-state index in [0.717, 1.165) is 5.56 Å². The van der Waals surface area contributed by atoms with Crippen LogP contribution in [-0.4, -0.2) is 66.0 Å². The number of hydrogen-bond acceptors (Lipinski definition) is 5. The van der Waals surface area contributed by atoms with E-state index in [1.165, 1.54) is 0 Å². The maximum absolute atomic E-state index is 12.6. The van der Waals surface area contributed by atoms with Crippen LogP contribution in [0.15, 0.2) is 40.9 Å². The number of rotatable bonds is 5. The molecule has 1 N–H and O–H groups in total. The molecule has 0 bridgehead atoms. The van der Waals surface area contributed by atoms with Gasteiger partial charge < -0.3 is 14.7 Å². The number of amides is 2. The molecule has 3 rings (SSSR count). The molecule has 0 spiro atoms. The van der Waals surface area contributed by atoms with Gasteiger partial charge in [0.15, 0.2) is 11.5 Å². The molecular weight excluding hydrogens is 320 g/mol. The average molecular weight is 342 g/mol. The Morgan fingerprint density at radius 1 is 1.16 bits per heavy atom. The van der Waals surface area contributed by atoms with E-state index in [0.29, 0.717) is 50.7 Å². The summed E-state index contributed by atoms with van der Waals surface area (Å²) in [5.41, 5.74) is 1.21.